The van der Waals surface area contributed by atoms with Crippen LogP contribution in [0.25, 0.3) is 11.3 Å². The molecule has 0 bridgehead atoms. The summed E-state index contributed by atoms with van der Waals surface area (Å²) in [5, 5.41) is 3.82. The minimum atomic E-state index is -0.125. The largest absolute Gasteiger partial charge is 0.355 e. The summed E-state index contributed by atoms with van der Waals surface area (Å²) >= 11 is 0. The van der Waals surface area contributed by atoms with Crippen molar-refractivity contribution in [3.63, 3.8) is 0 Å². The van der Waals surface area contributed by atoms with Crippen LogP contribution in [0.1, 0.15) is 23.0 Å². The predicted octanol–water partition coefficient (Wildman–Crippen LogP) is 2.74. The summed E-state index contributed by atoms with van der Waals surface area (Å²) in [4.78, 5) is 13.5. The van der Waals surface area contributed by atoms with E-state index in [4.69, 9.17) is 4.52 Å². The maximum Gasteiger partial charge on any atom is 0.275 e. The van der Waals surface area contributed by atoms with Gasteiger partial charge in [0.25, 0.3) is 5.91 Å². The lowest BCUT2D eigenvalue weighted by atomic mass is 10.1. The van der Waals surface area contributed by atoms with Gasteiger partial charge in [0.1, 0.15) is 0 Å². The van der Waals surface area contributed by atoms with Crippen LogP contribution in [0.5, 0.6) is 0 Å². The first-order valence-electron chi connectivity index (χ1n) is 5.91. The van der Waals surface area contributed by atoms with Crippen molar-refractivity contribution in [3.8, 4) is 11.3 Å². The Morgan fingerprint density at radius 2 is 2.17 bits per heavy atom. The van der Waals surface area contributed by atoms with Crippen LogP contribution in [0.3, 0.4) is 0 Å². The van der Waals surface area contributed by atoms with Gasteiger partial charge in [-0.1, -0.05) is 28.9 Å². The molecule has 0 radical (unpaired) electrons. The summed E-state index contributed by atoms with van der Waals surface area (Å²) < 4.78 is 5.22. The van der Waals surface area contributed by atoms with Crippen LogP contribution in [-0.2, 0) is 0 Å². The lowest BCUT2D eigenvalue weighted by Gasteiger charge is -2.11. The van der Waals surface area contributed by atoms with E-state index in [2.05, 4.69) is 5.16 Å². The van der Waals surface area contributed by atoms with Gasteiger partial charge in [-0.25, -0.2) is 0 Å². The molecule has 1 amide bonds. The van der Waals surface area contributed by atoms with Gasteiger partial charge in [0, 0.05) is 25.2 Å². The maximum absolute atomic E-state index is 11.9. The van der Waals surface area contributed by atoms with Crippen molar-refractivity contribution in [3.05, 3.63) is 41.6 Å². The summed E-state index contributed by atoms with van der Waals surface area (Å²) in [7, 11) is 1.74. The molecule has 2 rings (SSSR count). The van der Waals surface area contributed by atoms with Crippen molar-refractivity contribution in [2.75, 3.05) is 13.6 Å². The third-order valence-electron chi connectivity index (χ3n) is 2.85. The number of benzene rings is 1. The summed E-state index contributed by atoms with van der Waals surface area (Å²) in [6, 6.07) is 9.58. The van der Waals surface area contributed by atoms with Gasteiger partial charge >= 0.3 is 0 Å². The number of aromatic nitrogens is 1. The van der Waals surface area contributed by atoms with E-state index >= 15 is 0 Å². The highest BCUT2D eigenvalue weighted by molar-refractivity contribution is 5.92. The molecule has 1 heterocycles. The van der Waals surface area contributed by atoms with Gasteiger partial charge in [0.15, 0.2) is 11.5 Å². The molecular formula is C14H16N2O2. The molecule has 0 unspecified atom stereocenters. The second kappa shape index (κ2) is 5.04. The molecule has 4 heteroatoms. The Labute approximate surface area is 106 Å². The number of nitrogens with zero attached hydrogens (tertiary/aromatic N) is 2. The van der Waals surface area contributed by atoms with Crippen molar-refractivity contribution >= 4 is 5.91 Å². The Balaban J connectivity index is 2.28. The minimum Gasteiger partial charge on any atom is -0.355 e. The number of rotatable bonds is 3. The van der Waals surface area contributed by atoms with E-state index in [9.17, 15) is 4.79 Å². The second-order valence-corrected chi connectivity index (χ2v) is 4.27. The highest BCUT2D eigenvalue weighted by Crippen LogP contribution is 2.21. The zero-order valence-corrected chi connectivity index (χ0v) is 10.8. The number of hydrogen-bond donors (Lipinski definition) is 0. The Morgan fingerprint density at radius 3 is 2.83 bits per heavy atom. The van der Waals surface area contributed by atoms with Crippen LogP contribution >= 0.6 is 0 Å². The van der Waals surface area contributed by atoms with Crippen LogP contribution in [0, 0.1) is 6.92 Å². The molecule has 0 aliphatic rings. The molecular weight excluding hydrogens is 228 g/mol. The molecule has 0 aliphatic carbocycles. The Bertz CT molecular complexity index is 560. The summed E-state index contributed by atoms with van der Waals surface area (Å²) in [6.45, 7) is 4.57. The molecule has 0 aliphatic heterocycles. The molecule has 2 aromatic rings. The standard InChI is InChI=1S/C14H16N2O2/c1-4-16(3)14(17)12-9-13(18-15-12)11-7-5-6-10(2)8-11/h5-9H,4H2,1-3H3. The zero-order valence-electron chi connectivity index (χ0n) is 10.8. The summed E-state index contributed by atoms with van der Waals surface area (Å²) in [6.07, 6.45) is 0. The van der Waals surface area contributed by atoms with Gasteiger partial charge in [0.2, 0.25) is 0 Å². The van der Waals surface area contributed by atoms with Crippen LogP contribution in [0.2, 0.25) is 0 Å². The lowest BCUT2D eigenvalue weighted by Crippen LogP contribution is -2.26. The molecule has 0 saturated heterocycles. The van der Waals surface area contributed by atoms with E-state index in [0.717, 1.165) is 11.1 Å². The SMILES string of the molecule is CCN(C)C(=O)c1cc(-c2cccc(C)c2)on1. The monoisotopic (exact) mass is 244 g/mol. The molecule has 0 N–H and O–H groups in total. The molecule has 0 fully saturated rings. The first kappa shape index (κ1) is 12.4. The minimum absolute atomic E-state index is 0.125. The van der Waals surface area contributed by atoms with E-state index in [0.29, 0.717) is 18.0 Å². The highest BCUT2D eigenvalue weighted by atomic mass is 16.5. The van der Waals surface area contributed by atoms with Gasteiger partial charge in [0.05, 0.1) is 0 Å². The van der Waals surface area contributed by atoms with E-state index in [1.165, 1.54) is 0 Å². The van der Waals surface area contributed by atoms with Crippen molar-refractivity contribution in [2.24, 2.45) is 0 Å². The van der Waals surface area contributed by atoms with Gasteiger partial charge in [-0.3, -0.25) is 4.79 Å². The van der Waals surface area contributed by atoms with Crippen molar-refractivity contribution in [2.45, 2.75) is 13.8 Å². The molecule has 94 valence electrons. The van der Waals surface area contributed by atoms with Crippen molar-refractivity contribution in [1.29, 1.82) is 0 Å². The number of aryl methyl sites for hydroxylation is 1. The Morgan fingerprint density at radius 1 is 1.39 bits per heavy atom. The van der Waals surface area contributed by atoms with Crippen LogP contribution < -0.4 is 0 Å². The molecule has 0 saturated carbocycles. The average molecular weight is 244 g/mol. The summed E-state index contributed by atoms with van der Waals surface area (Å²) in [5.41, 5.74) is 2.42. The van der Waals surface area contributed by atoms with Gasteiger partial charge in [-0.05, 0) is 19.9 Å². The average Bonchev–Trinajstić information content (AvgIpc) is 2.86. The lowest BCUT2D eigenvalue weighted by molar-refractivity contribution is 0.0792. The number of hydrogen-bond acceptors (Lipinski definition) is 3. The molecule has 4 nitrogen and oxygen atoms in total. The molecule has 1 aromatic heterocycles. The first-order chi connectivity index (χ1) is 8.61. The predicted molar refractivity (Wildman–Crippen MR) is 69.3 cm³/mol. The van der Waals surface area contributed by atoms with Crippen LogP contribution in [0.15, 0.2) is 34.9 Å². The van der Waals surface area contributed by atoms with Crippen molar-refractivity contribution < 1.29 is 9.32 Å². The van der Waals surface area contributed by atoms with Crippen LogP contribution in [-0.4, -0.2) is 29.6 Å². The van der Waals surface area contributed by atoms with Gasteiger partial charge in [-0.15, -0.1) is 0 Å². The van der Waals surface area contributed by atoms with E-state index in [1.807, 2.05) is 38.1 Å². The van der Waals surface area contributed by atoms with Crippen molar-refractivity contribution in [1.82, 2.24) is 10.1 Å². The Hall–Kier alpha value is -2.10. The van der Waals surface area contributed by atoms with Crippen LogP contribution in [0.4, 0.5) is 0 Å². The Kier molecular flexibility index (Phi) is 3.46. The highest BCUT2D eigenvalue weighted by Gasteiger charge is 2.16. The van der Waals surface area contributed by atoms with E-state index in [1.54, 1.807) is 18.0 Å². The third kappa shape index (κ3) is 2.42. The van der Waals surface area contributed by atoms with E-state index in [-0.39, 0.29) is 5.91 Å². The van der Waals surface area contributed by atoms with E-state index < -0.39 is 0 Å². The quantitative estimate of drug-likeness (QED) is 0.834. The number of carbonyl (C=O) groups excluding carboxylic acids is 1. The fraction of sp³-hybridized carbons (Fsp3) is 0.286. The normalized spacial score (nSPS) is 10.4. The summed E-state index contributed by atoms with van der Waals surface area (Å²) in [5.74, 6) is 0.492. The second-order valence-electron chi connectivity index (χ2n) is 4.27. The zero-order chi connectivity index (χ0) is 13.1. The molecule has 0 spiro atoms. The molecule has 1 aromatic carbocycles. The number of amides is 1. The molecule has 0 atom stereocenters. The number of carbonyl (C=O) groups is 1. The molecule has 18 heavy (non-hydrogen) atoms. The third-order valence-corrected chi connectivity index (χ3v) is 2.85. The van der Waals surface area contributed by atoms with Gasteiger partial charge < -0.3 is 9.42 Å². The fourth-order valence-corrected chi connectivity index (χ4v) is 1.65. The smallest absolute Gasteiger partial charge is 0.275 e. The first-order valence-corrected chi connectivity index (χ1v) is 5.91. The topological polar surface area (TPSA) is 46.3 Å². The maximum atomic E-state index is 11.9. The fourth-order valence-electron chi connectivity index (χ4n) is 1.65. The van der Waals surface area contributed by atoms with Gasteiger partial charge in [-0.2, -0.15) is 0 Å².